The fourth-order valence-electron chi connectivity index (χ4n) is 4.77. The van der Waals surface area contributed by atoms with Gasteiger partial charge in [0, 0.05) is 42.2 Å². The zero-order valence-corrected chi connectivity index (χ0v) is 20.8. The van der Waals surface area contributed by atoms with E-state index in [0.717, 1.165) is 22.7 Å². The molecule has 2 atom stereocenters. The lowest BCUT2D eigenvalue weighted by Crippen LogP contribution is -2.25. The Morgan fingerprint density at radius 2 is 1.67 bits per heavy atom. The van der Waals surface area contributed by atoms with Crippen LogP contribution in [0.5, 0.6) is 0 Å². The monoisotopic (exact) mass is 497 g/mol. The van der Waals surface area contributed by atoms with E-state index in [4.69, 9.17) is 4.74 Å². The minimum atomic E-state index is -0.319. The number of ether oxygens (including phenoxy) is 1. The first-order valence-corrected chi connectivity index (χ1v) is 12.8. The van der Waals surface area contributed by atoms with Crippen molar-refractivity contribution < 1.29 is 14.3 Å². The van der Waals surface area contributed by atoms with Crippen molar-refractivity contribution in [1.29, 1.82) is 0 Å². The van der Waals surface area contributed by atoms with Crippen LogP contribution in [-0.4, -0.2) is 42.0 Å². The van der Waals surface area contributed by atoms with Crippen LogP contribution in [0.4, 0.5) is 5.69 Å². The molecule has 3 aromatic carbocycles. The zero-order chi connectivity index (χ0) is 24.9. The third-order valence-corrected chi connectivity index (χ3v) is 7.41. The number of likely N-dealkylation sites (tertiary alicyclic amines) is 1. The molecule has 0 bridgehead atoms. The lowest BCUT2D eigenvalue weighted by Gasteiger charge is -2.20. The molecular formula is C29H27N3O3S. The third kappa shape index (κ3) is 5.22. The molecule has 4 aromatic rings. The standard InChI is InChI=1S/C29H27N3O3S/c1-35-29(34)24-18-32(16-20-10-4-2-5-11-20)17-23(24)22-14-8-9-15-25(22)30-27(33)26-19-36-28(31-26)21-12-6-3-7-13-21/h2-15,19,23-24H,16-18H2,1H3,(H,30,33)/t23-,24+/m1/s1. The predicted molar refractivity (Wildman–Crippen MR) is 142 cm³/mol. The normalized spacial score (nSPS) is 17.6. The minimum Gasteiger partial charge on any atom is -0.469 e. The molecule has 0 aliphatic carbocycles. The summed E-state index contributed by atoms with van der Waals surface area (Å²) in [5.41, 5.74) is 4.16. The smallest absolute Gasteiger partial charge is 0.310 e. The van der Waals surface area contributed by atoms with Crippen molar-refractivity contribution >= 4 is 28.9 Å². The molecule has 6 nitrogen and oxygen atoms in total. The van der Waals surface area contributed by atoms with E-state index >= 15 is 0 Å². The number of rotatable bonds is 7. The Morgan fingerprint density at radius 3 is 2.42 bits per heavy atom. The number of benzene rings is 3. The molecule has 182 valence electrons. The topological polar surface area (TPSA) is 71.5 Å². The number of methoxy groups -OCH3 is 1. The maximum atomic E-state index is 13.1. The average molecular weight is 498 g/mol. The van der Waals surface area contributed by atoms with Crippen molar-refractivity contribution in [3.8, 4) is 10.6 Å². The molecule has 0 radical (unpaired) electrons. The molecule has 36 heavy (non-hydrogen) atoms. The number of carbonyl (C=O) groups is 2. The van der Waals surface area contributed by atoms with Crippen LogP contribution in [-0.2, 0) is 16.1 Å². The Morgan fingerprint density at radius 1 is 0.972 bits per heavy atom. The van der Waals surface area contributed by atoms with Gasteiger partial charge in [-0.25, -0.2) is 4.98 Å². The highest BCUT2D eigenvalue weighted by atomic mass is 32.1. The molecule has 1 fully saturated rings. The summed E-state index contributed by atoms with van der Waals surface area (Å²) in [6, 6.07) is 27.7. The van der Waals surface area contributed by atoms with E-state index in [1.54, 1.807) is 5.38 Å². The van der Waals surface area contributed by atoms with E-state index in [1.807, 2.05) is 72.8 Å². The molecule has 1 saturated heterocycles. The number of hydrogen-bond donors (Lipinski definition) is 1. The van der Waals surface area contributed by atoms with E-state index in [2.05, 4.69) is 27.3 Å². The van der Waals surface area contributed by atoms with Crippen LogP contribution >= 0.6 is 11.3 Å². The van der Waals surface area contributed by atoms with Gasteiger partial charge in [-0.2, -0.15) is 0 Å². The van der Waals surface area contributed by atoms with E-state index in [0.29, 0.717) is 24.5 Å². The molecule has 1 aliphatic rings. The van der Waals surface area contributed by atoms with Gasteiger partial charge < -0.3 is 10.1 Å². The number of para-hydroxylation sites is 1. The van der Waals surface area contributed by atoms with Crippen LogP contribution in [0.25, 0.3) is 10.6 Å². The van der Waals surface area contributed by atoms with Crippen LogP contribution in [0.1, 0.15) is 27.5 Å². The van der Waals surface area contributed by atoms with Crippen molar-refractivity contribution in [2.45, 2.75) is 12.5 Å². The summed E-state index contributed by atoms with van der Waals surface area (Å²) in [5, 5.41) is 5.62. The number of aromatic nitrogens is 1. The van der Waals surface area contributed by atoms with Crippen LogP contribution in [0, 0.1) is 5.92 Å². The average Bonchev–Trinajstić information content (AvgIpc) is 3.58. The number of nitrogens with zero attached hydrogens (tertiary/aromatic N) is 2. The summed E-state index contributed by atoms with van der Waals surface area (Å²) in [6.45, 7) is 2.04. The second kappa shape index (κ2) is 10.8. The van der Waals surface area contributed by atoms with Gasteiger partial charge in [-0.1, -0.05) is 78.9 Å². The largest absolute Gasteiger partial charge is 0.469 e. The number of anilines is 1. The fraction of sp³-hybridized carbons (Fsp3) is 0.207. The summed E-state index contributed by atoms with van der Waals surface area (Å²) in [6.07, 6.45) is 0. The van der Waals surface area contributed by atoms with E-state index in [9.17, 15) is 9.59 Å². The van der Waals surface area contributed by atoms with Gasteiger partial charge in [0.2, 0.25) is 0 Å². The van der Waals surface area contributed by atoms with E-state index in [-0.39, 0.29) is 23.7 Å². The van der Waals surface area contributed by atoms with Gasteiger partial charge in [0.15, 0.2) is 0 Å². The molecule has 0 unspecified atom stereocenters. The maximum absolute atomic E-state index is 13.1. The molecule has 2 heterocycles. The summed E-state index contributed by atoms with van der Waals surface area (Å²) in [4.78, 5) is 32.7. The molecule has 0 saturated carbocycles. The van der Waals surface area contributed by atoms with Gasteiger partial charge in [-0.15, -0.1) is 11.3 Å². The van der Waals surface area contributed by atoms with Gasteiger partial charge in [-0.3, -0.25) is 14.5 Å². The van der Waals surface area contributed by atoms with Crippen molar-refractivity contribution in [3.63, 3.8) is 0 Å². The lowest BCUT2D eigenvalue weighted by molar-refractivity contribution is -0.145. The second-order valence-corrected chi connectivity index (χ2v) is 9.72. The van der Waals surface area contributed by atoms with Crippen molar-refractivity contribution in [2.75, 3.05) is 25.5 Å². The van der Waals surface area contributed by atoms with Crippen LogP contribution < -0.4 is 5.32 Å². The second-order valence-electron chi connectivity index (χ2n) is 8.86. The van der Waals surface area contributed by atoms with Crippen molar-refractivity contribution in [3.05, 3.63) is 107 Å². The summed E-state index contributed by atoms with van der Waals surface area (Å²) in [7, 11) is 1.43. The predicted octanol–water partition coefficient (Wildman–Crippen LogP) is 5.45. The molecule has 1 amide bonds. The van der Waals surface area contributed by atoms with Gasteiger partial charge in [0.1, 0.15) is 10.7 Å². The van der Waals surface area contributed by atoms with E-state index < -0.39 is 0 Å². The quantitative estimate of drug-likeness (QED) is 0.344. The fourth-order valence-corrected chi connectivity index (χ4v) is 5.58. The molecule has 1 aromatic heterocycles. The highest BCUT2D eigenvalue weighted by Crippen LogP contribution is 2.38. The lowest BCUT2D eigenvalue weighted by atomic mass is 9.88. The van der Waals surface area contributed by atoms with Crippen LogP contribution in [0.2, 0.25) is 0 Å². The highest BCUT2D eigenvalue weighted by molar-refractivity contribution is 7.13. The number of amides is 1. The van der Waals surface area contributed by atoms with Gasteiger partial charge in [-0.05, 0) is 17.2 Å². The Bertz CT molecular complexity index is 1340. The zero-order valence-electron chi connectivity index (χ0n) is 20.0. The number of thiazole rings is 1. The minimum absolute atomic E-state index is 0.104. The Labute approximate surface area is 214 Å². The number of hydrogen-bond acceptors (Lipinski definition) is 6. The van der Waals surface area contributed by atoms with Crippen LogP contribution in [0.15, 0.2) is 90.3 Å². The van der Waals surface area contributed by atoms with Gasteiger partial charge in [0.25, 0.3) is 5.91 Å². The maximum Gasteiger partial charge on any atom is 0.310 e. The first-order chi connectivity index (χ1) is 17.6. The van der Waals surface area contributed by atoms with Gasteiger partial charge in [0.05, 0.1) is 13.0 Å². The van der Waals surface area contributed by atoms with E-state index in [1.165, 1.54) is 24.0 Å². The molecule has 5 rings (SSSR count). The molecule has 7 heteroatoms. The number of carbonyl (C=O) groups excluding carboxylic acids is 2. The summed E-state index contributed by atoms with van der Waals surface area (Å²) < 4.78 is 5.16. The summed E-state index contributed by atoms with van der Waals surface area (Å²) in [5.74, 6) is -0.924. The van der Waals surface area contributed by atoms with Crippen molar-refractivity contribution in [2.24, 2.45) is 5.92 Å². The number of esters is 1. The highest BCUT2D eigenvalue weighted by Gasteiger charge is 2.40. The molecule has 0 spiro atoms. The molecular weight excluding hydrogens is 470 g/mol. The Hall–Kier alpha value is -3.81. The first-order valence-electron chi connectivity index (χ1n) is 11.9. The van der Waals surface area contributed by atoms with Gasteiger partial charge >= 0.3 is 5.97 Å². The number of nitrogens with one attached hydrogen (secondary N) is 1. The third-order valence-electron chi connectivity index (χ3n) is 6.51. The Balaban J connectivity index is 1.37. The summed E-state index contributed by atoms with van der Waals surface area (Å²) >= 11 is 1.44. The Kier molecular flexibility index (Phi) is 7.21. The first kappa shape index (κ1) is 23.9. The SMILES string of the molecule is COC(=O)[C@H]1CN(Cc2ccccc2)C[C@@H]1c1ccccc1NC(=O)c1csc(-c2ccccc2)n1. The van der Waals surface area contributed by atoms with Crippen molar-refractivity contribution in [1.82, 2.24) is 9.88 Å². The van der Waals surface area contributed by atoms with Crippen LogP contribution in [0.3, 0.4) is 0 Å². The molecule has 1 N–H and O–H groups in total. The molecule has 1 aliphatic heterocycles.